The van der Waals surface area contributed by atoms with Crippen LogP contribution in [-0.2, 0) is 0 Å². The zero-order valence-electron chi connectivity index (χ0n) is 9.45. The number of aromatic nitrogens is 2. The van der Waals surface area contributed by atoms with Crippen molar-refractivity contribution in [3.63, 3.8) is 0 Å². The van der Waals surface area contributed by atoms with Crippen LogP contribution in [-0.4, -0.2) is 20.5 Å². The van der Waals surface area contributed by atoms with Crippen molar-refractivity contribution in [1.29, 1.82) is 0 Å². The molecule has 0 atom stereocenters. The number of hydrogen-bond donors (Lipinski definition) is 1. The molecule has 0 aliphatic carbocycles. The molecule has 0 radical (unpaired) electrons. The predicted molar refractivity (Wildman–Crippen MR) is 67.6 cm³/mol. The lowest BCUT2D eigenvalue weighted by Gasteiger charge is -2.04. The van der Waals surface area contributed by atoms with E-state index in [2.05, 4.69) is 4.98 Å². The lowest BCUT2D eigenvalue weighted by molar-refractivity contribution is 0.0697. The van der Waals surface area contributed by atoms with Gasteiger partial charge in [0.25, 0.3) is 0 Å². The van der Waals surface area contributed by atoms with Gasteiger partial charge in [0.05, 0.1) is 5.56 Å². The third kappa shape index (κ3) is 1.64. The molecule has 0 saturated carbocycles. The minimum atomic E-state index is -0.916. The minimum absolute atomic E-state index is 0.286. The second-order valence-electron chi connectivity index (χ2n) is 3.96. The SMILES string of the molecule is O=C(O)c1ccc(-c2cccn3ccnc23)cc1. The van der Waals surface area contributed by atoms with E-state index in [9.17, 15) is 4.79 Å². The van der Waals surface area contributed by atoms with Gasteiger partial charge in [0.1, 0.15) is 5.65 Å². The fourth-order valence-corrected chi connectivity index (χ4v) is 1.97. The van der Waals surface area contributed by atoms with Crippen LogP contribution in [0.4, 0.5) is 0 Å². The second kappa shape index (κ2) is 4.00. The predicted octanol–water partition coefficient (Wildman–Crippen LogP) is 2.70. The van der Waals surface area contributed by atoms with Gasteiger partial charge in [0.2, 0.25) is 0 Å². The maximum Gasteiger partial charge on any atom is 0.335 e. The number of nitrogens with zero attached hydrogens (tertiary/aromatic N) is 2. The van der Waals surface area contributed by atoms with E-state index in [0.29, 0.717) is 0 Å². The Morgan fingerprint density at radius 1 is 1.11 bits per heavy atom. The molecular formula is C14H10N2O2. The summed E-state index contributed by atoms with van der Waals surface area (Å²) in [4.78, 5) is 15.1. The van der Waals surface area contributed by atoms with Crippen molar-refractivity contribution in [2.75, 3.05) is 0 Å². The van der Waals surface area contributed by atoms with E-state index >= 15 is 0 Å². The molecule has 4 heteroatoms. The summed E-state index contributed by atoms with van der Waals surface area (Å²) >= 11 is 0. The Bertz CT molecular complexity index is 714. The van der Waals surface area contributed by atoms with E-state index in [1.807, 2.05) is 28.9 Å². The number of rotatable bonds is 2. The first kappa shape index (κ1) is 10.5. The highest BCUT2D eigenvalue weighted by Crippen LogP contribution is 2.23. The van der Waals surface area contributed by atoms with Crippen LogP contribution in [0, 0.1) is 0 Å². The lowest BCUT2D eigenvalue weighted by atomic mass is 10.1. The Hall–Kier alpha value is -2.62. The molecule has 2 aromatic heterocycles. The molecule has 88 valence electrons. The smallest absolute Gasteiger partial charge is 0.335 e. The highest BCUT2D eigenvalue weighted by molar-refractivity contribution is 5.89. The van der Waals surface area contributed by atoms with Crippen LogP contribution in [0.25, 0.3) is 16.8 Å². The topological polar surface area (TPSA) is 54.6 Å². The molecule has 3 rings (SSSR count). The molecule has 0 aliphatic heterocycles. The Morgan fingerprint density at radius 2 is 1.89 bits per heavy atom. The van der Waals surface area contributed by atoms with E-state index in [1.165, 1.54) is 0 Å². The van der Waals surface area contributed by atoms with E-state index in [4.69, 9.17) is 5.11 Å². The van der Waals surface area contributed by atoms with Crippen LogP contribution in [0.1, 0.15) is 10.4 Å². The number of carboxylic acids is 1. The summed E-state index contributed by atoms with van der Waals surface area (Å²) in [5, 5.41) is 8.87. The molecule has 0 saturated heterocycles. The molecule has 0 bridgehead atoms. The van der Waals surface area contributed by atoms with Gasteiger partial charge in [-0.05, 0) is 29.8 Å². The van der Waals surface area contributed by atoms with E-state index in [-0.39, 0.29) is 5.56 Å². The standard InChI is InChI=1S/C14H10N2O2/c17-14(18)11-5-3-10(4-6-11)12-2-1-8-16-9-7-15-13(12)16/h1-9H,(H,17,18). The van der Waals surface area contributed by atoms with Crippen LogP contribution in [0.15, 0.2) is 55.0 Å². The summed E-state index contributed by atoms with van der Waals surface area (Å²) in [6.45, 7) is 0. The second-order valence-corrected chi connectivity index (χ2v) is 3.96. The Morgan fingerprint density at radius 3 is 2.61 bits per heavy atom. The summed E-state index contributed by atoms with van der Waals surface area (Å²) in [5.74, 6) is -0.916. The maximum atomic E-state index is 10.8. The normalized spacial score (nSPS) is 10.7. The summed E-state index contributed by atoms with van der Waals surface area (Å²) in [5.41, 5.74) is 3.09. The molecule has 1 N–H and O–H groups in total. The van der Waals surface area contributed by atoms with Gasteiger partial charge < -0.3 is 9.51 Å². The largest absolute Gasteiger partial charge is 0.478 e. The van der Waals surface area contributed by atoms with Crippen LogP contribution in [0.2, 0.25) is 0 Å². The van der Waals surface area contributed by atoms with Gasteiger partial charge in [0, 0.05) is 24.2 Å². The molecule has 0 aliphatic rings. The molecule has 3 aromatic rings. The third-order valence-corrected chi connectivity index (χ3v) is 2.86. The van der Waals surface area contributed by atoms with Gasteiger partial charge in [-0.15, -0.1) is 0 Å². The zero-order chi connectivity index (χ0) is 12.5. The van der Waals surface area contributed by atoms with Crippen molar-refractivity contribution >= 4 is 11.6 Å². The van der Waals surface area contributed by atoms with Gasteiger partial charge >= 0.3 is 5.97 Å². The quantitative estimate of drug-likeness (QED) is 0.746. The molecule has 1 aromatic carbocycles. The fourth-order valence-electron chi connectivity index (χ4n) is 1.97. The van der Waals surface area contributed by atoms with E-state index < -0.39 is 5.97 Å². The summed E-state index contributed by atoms with van der Waals surface area (Å²) < 4.78 is 1.93. The van der Waals surface area contributed by atoms with Gasteiger partial charge in [-0.2, -0.15) is 0 Å². The third-order valence-electron chi connectivity index (χ3n) is 2.86. The summed E-state index contributed by atoms with van der Waals surface area (Å²) in [6, 6.07) is 10.7. The highest BCUT2D eigenvalue weighted by atomic mass is 16.4. The molecule has 0 unspecified atom stereocenters. The molecular weight excluding hydrogens is 228 g/mol. The van der Waals surface area contributed by atoms with Crippen LogP contribution in [0.3, 0.4) is 0 Å². The Labute approximate surface area is 103 Å². The van der Waals surface area contributed by atoms with Crippen molar-refractivity contribution in [1.82, 2.24) is 9.38 Å². The summed E-state index contributed by atoms with van der Waals surface area (Å²) in [7, 11) is 0. The van der Waals surface area contributed by atoms with Crippen molar-refractivity contribution in [3.05, 3.63) is 60.6 Å². The van der Waals surface area contributed by atoms with Crippen LogP contribution < -0.4 is 0 Å². The Kier molecular flexibility index (Phi) is 2.34. The van der Waals surface area contributed by atoms with Crippen molar-refractivity contribution in [2.24, 2.45) is 0 Å². The number of hydrogen-bond acceptors (Lipinski definition) is 2. The van der Waals surface area contributed by atoms with Gasteiger partial charge in [-0.1, -0.05) is 12.1 Å². The van der Waals surface area contributed by atoms with Crippen LogP contribution >= 0.6 is 0 Å². The van der Waals surface area contributed by atoms with Crippen molar-refractivity contribution in [3.8, 4) is 11.1 Å². The Balaban J connectivity index is 2.14. The van der Waals surface area contributed by atoms with E-state index in [1.54, 1.807) is 30.5 Å². The molecule has 0 amide bonds. The molecule has 4 nitrogen and oxygen atoms in total. The average Bonchev–Trinajstić information content (AvgIpc) is 2.87. The first-order valence-corrected chi connectivity index (χ1v) is 5.51. The lowest BCUT2D eigenvalue weighted by Crippen LogP contribution is -1.95. The fraction of sp³-hybridized carbons (Fsp3) is 0. The van der Waals surface area contributed by atoms with Crippen LogP contribution in [0.5, 0.6) is 0 Å². The van der Waals surface area contributed by atoms with Gasteiger partial charge in [-0.25, -0.2) is 9.78 Å². The zero-order valence-corrected chi connectivity index (χ0v) is 9.45. The van der Waals surface area contributed by atoms with Gasteiger partial charge in [-0.3, -0.25) is 0 Å². The van der Waals surface area contributed by atoms with Crippen molar-refractivity contribution in [2.45, 2.75) is 0 Å². The number of benzene rings is 1. The number of pyridine rings is 1. The number of fused-ring (bicyclic) bond motifs is 1. The van der Waals surface area contributed by atoms with Gasteiger partial charge in [0.15, 0.2) is 0 Å². The maximum absolute atomic E-state index is 10.8. The number of imidazole rings is 1. The number of carbonyl (C=O) groups is 1. The monoisotopic (exact) mass is 238 g/mol. The molecule has 18 heavy (non-hydrogen) atoms. The number of aromatic carboxylic acids is 1. The van der Waals surface area contributed by atoms with Crippen molar-refractivity contribution < 1.29 is 9.90 Å². The number of carboxylic acid groups (broad SMARTS) is 1. The molecule has 0 spiro atoms. The first-order chi connectivity index (χ1) is 8.75. The van der Waals surface area contributed by atoms with E-state index in [0.717, 1.165) is 16.8 Å². The first-order valence-electron chi connectivity index (χ1n) is 5.51. The highest BCUT2D eigenvalue weighted by Gasteiger charge is 2.06. The average molecular weight is 238 g/mol. The summed E-state index contributed by atoms with van der Waals surface area (Å²) in [6.07, 6.45) is 5.55. The minimum Gasteiger partial charge on any atom is -0.478 e. The molecule has 0 fully saturated rings. The molecule has 2 heterocycles.